The lowest BCUT2D eigenvalue weighted by Crippen LogP contribution is -2.47. The molecule has 10 heteroatoms. The summed E-state index contributed by atoms with van der Waals surface area (Å²) >= 11 is 4.30. The Balaban J connectivity index is 2.08. The minimum Gasteiger partial charge on any atom is -0.466 e. The van der Waals surface area contributed by atoms with E-state index in [1.807, 2.05) is 19.1 Å². The number of carbonyl (C=O) groups excluding carboxylic acids is 2. The zero-order chi connectivity index (χ0) is 20.5. The molecule has 1 aromatic carbocycles. The minimum atomic E-state index is -3.77. The number of urea groups is 1. The van der Waals surface area contributed by atoms with Crippen LogP contribution in [0.15, 0.2) is 55.7 Å². The lowest BCUT2D eigenvalue weighted by Gasteiger charge is -2.29. The van der Waals surface area contributed by atoms with E-state index in [0.717, 1.165) is 16.9 Å². The van der Waals surface area contributed by atoms with Crippen molar-refractivity contribution >= 4 is 49.1 Å². The van der Waals surface area contributed by atoms with Gasteiger partial charge in [0.1, 0.15) is 4.21 Å². The Bertz CT molecular complexity index is 1060. The van der Waals surface area contributed by atoms with Gasteiger partial charge in [-0.3, -0.25) is 0 Å². The highest BCUT2D eigenvalue weighted by Crippen LogP contribution is 2.31. The molecule has 28 heavy (non-hydrogen) atoms. The van der Waals surface area contributed by atoms with Crippen LogP contribution < -0.4 is 10.6 Å². The normalized spacial score (nSPS) is 17.1. The molecule has 1 atom stereocenters. The van der Waals surface area contributed by atoms with Crippen molar-refractivity contribution in [1.82, 2.24) is 10.6 Å². The number of methoxy groups -OCH3 is 1. The number of nitrogens with one attached hydrogen (secondary N) is 2. The average Bonchev–Trinajstić information content (AvgIpc) is 3.08. The number of amides is 2. The number of hydrogen-bond acceptors (Lipinski definition) is 6. The molecule has 0 fully saturated rings. The molecule has 1 aliphatic rings. The minimum absolute atomic E-state index is 0.00528. The van der Waals surface area contributed by atoms with Crippen LogP contribution in [0.3, 0.4) is 0 Å². The van der Waals surface area contributed by atoms with Crippen molar-refractivity contribution in [2.24, 2.45) is 0 Å². The van der Waals surface area contributed by atoms with Crippen LogP contribution in [0.25, 0.3) is 0 Å². The summed E-state index contributed by atoms with van der Waals surface area (Å²) in [5.74, 6) is -1.24. The smallest absolute Gasteiger partial charge is 0.338 e. The van der Waals surface area contributed by atoms with Crippen molar-refractivity contribution < 1.29 is 22.7 Å². The maximum absolute atomic E-state index is 12.8. The third-order valence-corrected chi connectivity index (χ3v) is 8.01. The van der Waals surface area contributed by atoms with Crippen molar-refractivity contribution in [3.8, 4) is 0 Å². The van der Waals surface area contributed by atoms with Gasteiger partial charge in [-0.25, -0.2) is 18.0 Å². The van der Waals surface area contributed by atoms with E-state index in [-0.39, 0.29) is 15.5 Å². The van der Waals surface area contributed by atoms with Crippen LogP contribution in [0.5, 0.6) is 0 Å². The number of halogens is 1. The topological polar surface area (TPSA) is 102 Å². The van der Waals surface area contributed by atoms with Gasteiger partial charge in [-0.15, -0.1) is 11.3 Å². The Morgan fingerprint density at radius 3 is 2.46 bits per heavy atom. The molecule has 2 heterocycles. The van der Waals surface area contributed by atoms with Crippen molar-refractivity contribution in [2.45, 2.75) is 17.2 Å². The molecule has 1 aromatic heterocycles. The third kappa shape index (κ3) is 4.29. The monoisotopic (exact) mass is 484 g/mol. The van der Waals surface area contributed by atoms with Crippen LogP contribution in [0.1, 0.15) is 17.2 Å². The highest BCUT2D eigenvalue weighted by Gasteiger charge is 2.35. The maximum Gasteiger partial charge on any atom is 0.338 e. The summed E-state index contributed by atoms with van der Waals surface area (Å²) in [4.78, 5) is 24.7. The summed E-state index contributed by atoms with van der Waals surface area (Å²) in [6.45, 7) is 1.92. The summed E-state index contributed by atoms with van der Waals surface area (Å²) in [5, 5.41) is 5.14. The second-order valence-electron chi connectivity index (χ2n) is 6.14. The number of aryl methyl sites for hydroxylation is 1. The van der Waals surface area contributed by atoms with Crippen LogP contribution in [0, 0.1) is 6.92 Å². The molecule has 1 aliphatic heterocycles. The van der Waals surface area contributed by atoms with E-state index in [9.17, 15) is 18.0 Å². The van der Waals surface area contributed by atoms with Gasteiger partial charge in [-0.2, -0.15) is 0 Å². The van der Waals surface area contributed by atoms with Crippen LogP contribution in [0.4, 0.5) is 4.79 Å². The number of thiophene rings is 1. The first-order valence-electron chi connectivity index (χ1n) is 8.15. The number of carbonyl (C=O) groups is 2. The van der Waals surface area contributed by atoms with Gasteiger partial charge in [-0.1, -0.05) is 29.8 Å². The van der Waals surface area contributed by atoms with Crippen LogP contribution >= 0.6 is 27.3 Å². The Morgan fingerprint density at radius 2 is 1.89 bits per heavy atom. The van der Waals surface area contributed by atoms with E-state index in [4.69, 9.17) is 4.74 Å². The van der Waals surface area contributed by atoms with Crippen LogP contribution in [-0.2, 0) is 19.4 Å². The number of hydrogen-bond donors (Lipinski definition) is 2. The Hall–Kier alpha value is -2.17. The molecular formula is C18H17BrN2O5S2. The van der Waals surface area contributed by atoms with E-state index < -0.39 is 33.6 Å². The zero-order valence-corrected chi connectivity index (χ0v) is 18.2. The van der Waals surface area contributed by atoms with Crippen molar-refractivity contribution in [3.63, 3.8) is 0 Å². The number of rotatable bonds is 5. The second kappa shape index (κ2) is 8.06. The zero-order valence-electron chi connectivity index (χ0n) is 15.0. The molecule has 2 N–H and O–H groups in total. The van der Waals surface area contributed by atoms with Gasteiger partial charge in [0.05, 0.1) is 28.3 Å². The molecule has 3 rings (SSSR count). The largest absolute Gasteiger partial charge is 0.466 e. The van der Waals surface area contributed by atoms with Gasteiger partial charge in [0, 0.05) is 5.70 Å². The highest BCUT2D eigenvalue weighted by molar-refractivity contribution is 9.11. The number of benzene rings is 1. The fourth-order valence-corrected chi connectivity index (χ4v) is 6.24. The fraction of sp³-hybridized carbons (Fsp3) is 0.222. The predicted molar refractivity (Wildman–Crippen MR) is 109 cm³/mol. The van der Waals surface area contributed by atoms with Crippen molar-refractivity contribution in [3.05, 3.63) is 62.6 Å². The molecule has 0 bridgehead atoms. The Morgan fingerprint density at radius 1 is 1.21 bits per heavy atom. The van der Waals surface area contributed by atoms with E-state index in [0.29, 0.717) is 9.35 Å². The van der Waals surface area contributed by atoms with E-state index in [1.165, 1.54) is 13.2 Å². The first-order chi connectivity index (χ1) is 13.2. The number of ether oxygens (including phenoxy) is 1. The fourth-order valence-electron chi connectivity index (χ4n) is 2.82. The summed E-state index contributed by atoms with van der Waals surface area (Å²) in [6, 6.07) is 8.94. The molecule has 7 nitrogen and oxygen atoms in total. The molecule has 2 aromatic rings. The van der Waals surface area contributed by atoms with E-state index >= 15 is 0 Å². The van der Waals surface area contributed by atoms with Gasteiger partial charge in [0.15, 0.2) is 9.84 Å². The van der Waals surface area contributed by atoms with Gasteiger partial charge >= 0.3 is 12.0 Å². The molecule has 1 unspecified atom stereocenters. The lowest BCUT2D eigenvalue weighted by atomic mass is 9.95. The lowest BCUT2D eigenvalue weighted by molar-refractivity contribution is -0.136. The Kier molecular flexibility index (Phi) is 5.92. The van der Waals surface area contributed by atoms with Gasteiger partial charge in [-0.05, 0) is 40.5 Å². The molecular weight excluding hydrogens is 468 g/mol. The molecule has 0 saturated carbocycles. The highest BCUT2D eigenvalue weighted by atomic mass is 79.9. The summed E-state index contributed by atoms with van der Waals surface area (Å²) in [5.41, 5.74) is 1.73. The SMILES string of the molecule is COC(=O)C1=C(CS(=O)(=O)c2ccc(Br)s2)NC(=O)NC1c1ccc(C)cc1. The molecule has 0 spiro atoms. The van der Waals surface area contributed by atoms with Crippen LogP contribution in [-0.4, -0.2) is 33.3 Å². The number of esters is 1. The van der Waals surface area contributed by atoms with Crippen molar-refractivity contribution in [2.75, 3.05) is 12.9 Å². The maximum atomic E-state index is 12.8. The molecule has 0 aliphatic carbocycles. The summed E-state index contributed by atoms with van der Waals surface area (Å²) < 4.78 is 31.3. The van der Waals surface area contributed by atoms with Crippen molar-refractivity contribution in [1.29, 1.82) is 0 Å². The molecule has 2 amide bonds. The predicted octanol–water partition coefficient (Wildman–Crippen LogP) is 3.07. The van der Waals surface area contributed by atoms with Gasteiger partial charge in [0.25, 0.3) is 0 Å². The second-order valence-corrected chi connectivity index (χ2v) is 10.8. The van der Waals surface area contributed by atoms with Gasteiger partial charge < -0.3 is 15.4 Å². The molecule has 0 saturated heterocycles. The van der Waals surface area contributed by atoms with E-state index in [2.05, 4.69) is 26.6 Å². The summed E-state index contributed by atoms with van der Waals surface area (Å²) in [6.07, 6.45) is 0. The standard InChI is InChI=1S/C18H17BrN2O5S2/c1-10-3-5-11(6-4-10)16-15(17(22)26-2)12(20-18(23)21-16)9-28(24,25)14-8-7-13(19)27-14/h3-8,16H,9H2,1-2H3,(H2,20,21,23). The third-order valence-electron chi connectivity index (χ3n) is 4.16. The molecule has 0 radical (unpaired) electrons. The first-order valence-corrected chi connectivity index (χ1v) is 11.4. The number of sulfone groups is 1. The summed E-state index contributed by atoms with van der Waals surface area (Å²) in [7, 11) is -2.56. The van der Waals surface area contributed by atoms with Crippen LogP contribution in [0.2, 0.25) is 0 Å². The van der Waals surface area contributed by atoms with Gasteiger partial charge in [0.2, 0.25) is 0 Å². The molecule has 148 valence electrons. The average molecular weight is 485 g/mol. The quantitative estimate of drug-likeness (QED) is 0.634. The van der Waals surface area contributed by atoms with E-state index in [1.54, 1.807) is 18.2 Å². The first kappa shape index (κ1) is 20.6. The Labute approximate surface area is 174 Å².